The molecular formula is C52H63NO15. The first-order valence-electron chi connectivity index (χ1n) is 23.9. The second-order valence-corrected chi connectivity index (χ2v) is 18.6. The van der Waals surface area contributed by atoms with E-state index in [4.69, 9.17) is 33.5 Å². The fourth-order valence-electron chi connectivity index (χ4n) is 11.9. The monoisotopic (exact) mass is 941 g/mol. The number of hydrogen-bond donors (Lipinski definition) is 5. The molecule has 16 nitrogen and oxygen atoms in total. The Morgan fingerprint density at radius 2 is 1.38 bits per heavy atom. The molecule has 7 atom stereocenters. The lowest BCUT2D eigenvalue weighted by Gasteiger charge is -2.45. The zero-order valence-corrected chi connectivity index (χ0v) is 39.3. The molecular weight excluding hydrogens is 879 g/mol. The number of aliphatic hydroxyl groups is 4. The van der Waals surface area contributed by atoms with Crippen molar-refractivity contribution in [3.8, 4) is 5.75 Å². The maximum Gasteiger partial charge on any atom is 0.311 e. The molecule has 7 aliphatic carbocycles. The summed E-state index contributed by atoms with van der Waals surface area (Å²) in [5.74, 6) is -4.99. The SMILES string of the molecule is COCCOCCOC(=O)C1CCCC1CC1=C2C=C(C)C(C(C)=O)c3c(OC)c(NC4CCCC4C(=O)OCCOCCCO)c4c5c3C2C2=C(C(=O)C=C(CO)C2=C5C(CO)=CC4=O)C1O. The van der Waals surface area contributed by atoms with Crippen LogP contribution in [-0.2, 0) is 42.9 Å². The molecule has 16 heteroatoms. The number of hydrogen-bond acceptors (Lipinski definition) is 16. The van der Waals surface area contributed by atoms with E-state index < -0.39 is 66.6 Å². The predicted molar refractivity (Wildman–Crippen MR) is 247 cm³/mol. The zero-order chi connectivity index (χ0) is 48.4. The van der Waals surface area contributed by atoms with Crippen molar-refractivity contribution < 1.29 is 72.8 Å². The van der Waals surface area contributed by atoms with Gasteiger partial charge in [-0.2, -0.15) is 0 Å². The molecule has 0 aromatic heterocycles. The third kappa shape index (κ3) is 8.89. The van der Waals surface area contributed by atoms with Gasteiger partial charge in [0.25, 0.3) is 0 Å². The van der Waals surface area contributed by atoms with Crippen LogP contribution in [0.5, 0.6) is 5.75 Å². The van der Waals surface area contributed by atoms with Gasteiger partial charge in [-0.15, -0.1) is 0 Å². The number of carbonyl (C=O) groups excluding carboxylic acids is 5. The van der Waals surface area contributed by atoms with Crippen LogP contribution in [0.3, 0.4) is 0 Å². The highest BCUT2D eigenvalue weighted by Crippen LogP contribution is 2.64. The van der Waals surface area contributed by atoms with Gasteiger partial charge in [0.1, 0.15) is 30.9 Å². The highest BCUT2D eigenvalue weighted by molar-refractivity contribution is 6.22. The summed E-state index contributed by atoms with van der Waals surface area (Å²) in [6, 6.07) is -0.523. The van der Waals surface area contributed by atoms with Crippen molar-refractivity contribution in [2.45, 2.75) is 89.2 Å². The molecule has 0 bridgehead atoms. The highest BCUT2D eigenvalue weighted by atomic mass is 16.6. The lowest BCUT2D eigenvalue weighted by Crippen LogP contribution is -2.38. The molecule has 8 rings (SSSR count). The summed E-state index contributed by atoms with van der Waals surface area (Å²) in [6.45, 7) is 3.69. The molecule has 0 spiro atoms. The Hall–Kier alpha value is -5.07. The first kappa shape index (κ1) is 49.4. The Bertz CT molecular complexity index is 2440. The van der Waals surface area contributed by atoms with Gasteiger partial charge in [0.2, 0.25) is 0 Å². The highest BCUT2D eigenvalue weighted by Gasteiger charge is 2.53. The summed E-state index contributed by atoms with van der Waals surface area (Å²) >= 11 is 0. The summed E-state index contributed by atoms with van der Waals surface area (Å²) < 4.78 is 33.7. The van der Waals surface area contributed by atoms with Crippen LogP contribution in [-0.4, -0.2) is 142 Å². The molecule has 1 aromatic carbocycles. The number of aliphatic hydroxyl groups excluding tert-OH is 4. The summed E-state index contributed by atoms with van der Waals surface area (Å²) in [5, 5.41) is 47.4. The van der Waals surface area contributed by atoms with Crippen LogP contribution < -0.4 is 10.1 Å². The average Bonchev–Trinajstić information content (AvgIpc) is 3.97. The number of nitrogens with one attached hydrogen (secondary N) is 1. The molecule has 7 aliphatic rings. The molecule has 2 fully saturated rings. The van der Waals surface area contributed by atoms with Crippen LogP contribution in [0.4, 0.5) is 5.69 Å². The average molecular weight is 942 g/mol. The molecule has 0 amide bonds. The molecule has 366 valence electrons. The second kappa shape index (κ2) is 21.3. The first-order chi connectivity index (χ1) is 32.9. The Kier molecular flexibility index (Phi) is 15.4. The van der Waals surface area contributed by atoms with Crippen molar-refractivity contribution in [3.63, 3.8) is 0 Å². The molecule has 2 saturated carbocycles. The van der Waals surface area contributed by atoms with Crippen LogP contribution in [0.1, 0.15) is 104 Å². The van der Waals surface area contributed by atoms with E-state index in [9.17, 15) is 39.3 Å². The van der Waals surface area contributed by atoms with E-state index in [0.717, 1.165) is 6.42 Å². The molecule has 7 unspecified atom stereocenters. The van der Waals surface area contributed by atoms with Gasteiger partial charge in [0.05, 0.1) is 75.8 Å². The van der Waals surface area contributed by atoms with Crippen LogP contribution in [0.15, 0.2) is 62.8 Å². The Labute approximate surface area is 395 Å². The first-order valence-corrected chi connectivity index (χ1v) is 23.9. The summed E-state index contributed by atoms with van der Waals surface area (Å²) in [4.78, 5) is 71.0. The van der Waals surface area contributed by atoms with E-state index in [1.165, 1.54) is 26.2 Å². The second-order valence-electron chi connectivity index (χ2n) is 18.6. The minimum absolute atomic E-state index is 0.0128. The minimum atomic E-state index is -1.44. The van der Waals surface area contributed by atoms with Gasteiger partial charge < -0.3 is 54.2 Å². The van der Waals surface area contributed by atoms with E-state index in [1.54, 1.807) is 7.11 Å². The van der Waals surface area contributed by atoms with Gasteiger partial charge in [-0.25, -0.2) is 0 Å². The van der Waals surface area contributed by atoms with Crippen molar-refractivity contribution in [2.24, 2.45) is 17.8 Å². The van der Waals surface area contributed by atoms with Crippen LogP contribution in [0.25, 0.3) is 5.57 Å². The lowest BCUT2D eigenvalue weighted by molar-refractivity contribution is -0.151. The van der Waals surface area contributed by atoms with Gasteiger partial charge in [-0.3, -0.25) is 24.0 Å². The molecule has 0 heterocycles. The van der Waals surface area contributed by atoms with Gasteiger partial charge in [0, 0.05) is 49.0 Å². The zero-order valence-electron chi connectivity index (χ0n) is 39.3. The number of Topliss-reactive ketones (excluding diaryl/α,β-unsaturated/α-hetero) is 1. The van der Waals surface area contributed by atoms with Crippen molar-refractivity contribution in [1.29, 1.82) is 0 Å². The van der Waals surface area contributed by atoms with Crippen LogP contribution >= 0.6 is 0 Å². The summed E-state index contributed by atoms with van der Waals surface area (Å²) in [7, 11) is 3.03. The molecule has 1 aromatic rings. The summed E-state index contributed by atoms with van der Waals surface area (Å²) in [5.41, 5.74) is 5.34. The van der Waals surface area contributed by atoms with E-state index in [-0.39, 0.29) is 90.8 Å². The quantitative estimate of drug-likeness (QED) is 0.0806. The molecule has 0 aliphatic heterocycles. The Balaban J connectivity index is 1.30. The number of benzene rings is 1. The van der Waals surface area contributed by atoms with Crippen molar-refractivity contribution in [2.75, 3.05) is 85.6 Å². The van der Waals surface area contributed by atoms with Gasteiger partial charge >= 0.3 is 11.9 Å². The number of ketones is 3. The summed E-state index contributed by atoms with van der Waals surface area (Å²) in [6.07, 6.45) is 7.48. The largest absolute Gasteiger partial charge is 0.494 e. The van der Waals surface area contributed by atoms with E-state index in [1.807, 2.05) is 13.0 Å². The number of rotatable bonds is 22. The third-order valence-corrected chi connectivity index (χ3v) is 14.7. The standard InChI is InChI=1S/C52H63NO15/c1-26-20-33-34(21-28-8-5-9-31(28)51(61)67-19-17-66-15-14-63-3)49(60)43-37(59)23-30(25-56)39-40-29(24-55)22-36(58)42-45(40)46(41(33)44(39)43)47(38(26)27(2)57)50(64-4)48(42)53-35-11-6-10-32(35)52(62)68-18-16-65-13-7-12-54/h20,22-23,28,31-32,35,38,41,49,53-56,60H,5-19,21,24-25H2,1-4H3. The van der Waals surface area contributed by atoms with E-state index >= 15 is 0 Å². The molecule has 0 radical (unpaired) electrons. The minimum Gasteiger partial charge on any atom is -0.494 e. The Morgan fingerprint density at radius 3 is 2.06 bits per heavy atom. The fourth-order valence-corrected chi connectivity index (χ4v) is 11.9. The van der Waals surface area contributed by atoms with E-state index in [2.05, 4.69) is 5.32 Å². The maximum absolute atomic E-state index is 14.9. The van der Waals surface area contributed by atoms with Crippen LogP contribution in [0, 0.1) is 17.8 Å². The maximum atomic E-state index is 14.9. The number of ether oxygens (including phenoxy) is 6. The van der Waals surface area contributed by atoms with Crippen molar-refractivity contribution in [3.05, 3.63) is 85.1 Å². The molecule has 68 heavy (non-hydrogen) atoms. The predicted octanol–water partition coefficient (Wildman–Crippen LogP) is 4.30. The topological polar surface area (TPSA) is 234 Å². The van der Waals surface area contributed by atoms with Crippen LogP contribution in [0.2, 0.25) is 0 Å². The Morgan fingerprint density at radius 1 is 0.735 bits per heavy atom. The van der Waals surface area contributed by atoms with Gasteiger partial charge in [-0.05, 0) is 115 Å². The van der Waals surface area contributed by atoms with E-state index in [0.29, 0.717) is 108 Å². The molecule has 0 saturated heterocycles. The smallest absolute Gasteiger partial charge is 0.311 e. The fraction of sp³-hybridized carbons (Fsp3) is 0.558. The third-order valence-electron chi connectivity index (χ3n) is 14.7. The number of methoxy groups -OCH3 is 2. The molecule has 5 N–H and O–H groups in total. The van der Waals surface area contributed by atoms with Gasteiger partial charge in [-0.1, -0.05) is 24.5 Å². The van der Waals surface area contributed by atoms with Gasteiger partial charge in [0.15, 0.2) is 11.6 Å². The number of esters is 2. The van der Waals surface area contributed by atoms with Crippen molar-refractivity contribution in [1.82, 2.24) is 0 Å². The number of anilines is 1. The normalized spacial score (nSPS) is 25.8. The number of allylic oxidation sites excluding steroid dienone is 6. The van der Waals surface area contributed by atoms with Crippen molar-refractivity contribution >= 4 is 40.5 Å². The number of carbonyl (C=O) groups is 5. The lowest BCUT2D eigenvalue weighted by atomic mass is 9.58.